The lowest BCUT2D eigenvalue weighted by atomic mass is 10.1. The first kappa shape index (κ1) is 19.8. The molecule has 0 aliphatic rings. The highest BCUT2D eigenvalue weighted by Crippen LogP contribution is 2.22. The van der Waals surface area contributed by atoms with Crippen LogP contribution >= 0.6 is 23.2 Å². The molecule has 0 unspecified atom stereocenters. The molecule has 2 aromatic rings. The first-order chi connectivity index (χ1) is 12.2. The van der Waals surface area contributed by atoms with E-state index in [1.54, 1.807) is 24.3 Å². The van der Waals surface area contributed by atoms with Crippen LogP contribution in [-0.4, -0.2) is 17.7 Å². The second kappa shape index (κ2) is 8.69. The molecule has 0 saturated heterocycles. The fraction of sp³-hybridized carbons (Fsp3) is 0.167. The summed E-state index contributed by atoms with van der Waals surface area (Å²) in [6.07, 6.45) is 0. The molecule has 136 valence electrons. The van der Waals surface area contributed by atoms with E-state index in [-0.39, 0.29) is 29.8 Å². The van der Waals surface area contributed by atoms with Crippen molar-refractivity contribution in [3.05, 3.63) is 57.6 Å². The van der Waals surface area contributed by atoms with E-state index >= 15 is 0 Å². The van der Waals surface area contributed by atoms with Crippen LogP contribution in [0.5, 0.6) is 0 Å². The Labute approximate surface area is 160 Å². The predicted octanol–water partition coefficient (Wildman–Crippen LogP) is 3.84. The van der Waals surface area contributed by atoms with Crippen LogP contribution in [0.25, 0.3) is 0 Å². The van der Waals surface area contributed by atoms with Crippen molar-refractivity contribution < 1.29 is 14.4 Å². The Morgan fingerprint density at radius 3 is 1.96 bits per heavy atom. The first-order valence-corrected chi connectivity index (χ1v) is 8.42. The fourth-order valence-electron chi connectivity index (χ4n) is 2.25. The van der Waals surface area contributed by atoms with Gasteiger partial charge in [0.25, 0.3) is 5.91 Å². The summed E-state index contributed by atoms with van der Waals surface area (Å²) in [5.41, 5.74) is 1.80. The van der Waals surface area contributed by atoms with E-state index in [0.717, 1.165) is 0 Å². The number of hydrogen-bond acceptors (Lipinski definition) is 3. The van der Waals surface area contributed by atoms with Crippen molar-refractivity contribution in [2.75, 3.05) is 10.6 Å². The summed E-state index contributed by atoms with van der Waals surface area (Å²) in [4.78, 5) is 35.0. The number of anilines is 2. The molecule has 2 rings (SSSR count). The highest BCUT2D eigenvalue weighted by molar-refractivity contribution is 6.35. The molecule has 0 heterocycles. The second-order valence-electron chi connectivity index (χ2n) is 5.58. The standard InChI is InChI=1S/C18H17Cl2N3O3/c1-10(24)22-15-5-13(6-16(8-15)23-11(2)25)18(26)21-9-12-3-4-14(19)7-17(12)20/h3-8H,9H2,1-2H3,(H,21,26)(H,22,24)(H,23,25). The number of hydrogen-bond donors (Lipinski definition) is 3. The van der Waals surface area contributed by atoms with E-state index in [1.165, 1.54) is 26.0 Å². The van der Waals surface area contributed by atoms with E-state index in [1.807, 2.05) is 0 Å². The number of nitrogens with one attached hydrogen (secondary N) is 3. The van der Waals surface area contributed by atoms with E-state index in [4.69, 9.17) is 23.2 Å². The van der Waals surface area contributed by atoms with Crippen LogP contribution in [0.4, 0.5) is 11.4 Å². The molecular formula is C18H17Cl2N3O3. The molecule has 0 spiro atoms. The number of carbonyl (C=O) groups is 3. The Bertz CT molecular complexity index is 835. The molecule has 0 radical (unpaired) electrons. The zero-order valence-electron chi connectivity index (χ0n) is 14.2. The molecule has 2 aromatic carbocycles. The minimum Gasteiger partial charge on any atom is -0.348 e. The van der Waals surface area contributed by atoms with Gasteiger partial charge in [-0.1, -0.05) is 29.3 Å². The molecule has 6 nitrogen and oxygen atoms in total. The van der Waals surface area contributed by atoms with Crippen LogP contribution in [0.2, 0.25) is 10.0 Å². The van der Waals surface area contributed by atoms with Gasteiger partial charge >= 0.3 is 0 Å². The number of rotatable bonds is 5. The quantitative estimate of drug-likeness (QED) is 0.720. The van der Waals surface area contributed by atoms with Gasteiger partial charge in [0.05, 0.1) is 0 Å². The van der Waals surface area contributed by atoms with Gasteiger partial charge in [0.2, 0.25) is 11.8 Å². The Hall–Kier alpha value is -2.57. The maximum atomic E-state index is 12.5. The third-order valence-electron chi connectivity index (χ3n) is 3.29. The summed E-state index contributed by atoms with van der Waals surface area (Å²) in [5.74, 6) is -0.955. The highest BCUT2D eigenvalue weighted by atomic mass is 35.5. The summed E-state index contributed by atoms with van der Waals surface area (Å²) in [7, 11) is 0. The lowest BCUT2D eigenvalue weighted by molar-refractivity contribution is -0.115. The summed E-state index contributed by atoms with van der Waals surface area (Å²) in [6.45, 7) is 2.91. The third-order valence-corrected chi connectivity index (χ3v) is 3.88. The largest absolute Gasteiger partial charge is 0.348 e. The van der Waals surface area contributed by atoms with E-state index in [9.17, 15) is 14.4 Å². The lowest BCUT2D eigenvalue weighted by Gasteiger charge is -2.12. The van der Waals surface area contributed by atoms with E-state index < -0.39 is 0 Å². The molecule has 0 bridgehead atoms. The van der Waals surface area contributed by atoms with Crippen LogP contribution in [0, 0.1) is 0 Å². The molecular weight excluding hydrogens is 377 g/mol. The van der Waals surface area contributed by atoms with Crippen LogP contribution in [0.15, 0.2) is 36.4 Å². The average molecular weight is 394 g/mol. The monoisotopic (exact) mass is 393 g/mol. The molecule has 0 aliphatic carbocycles. The van der Waals surface area contributed by atoms with Gasteiger partial charge in [-0.25, -0.2) is 0 Å². The second-order valence-corrected chi connectivity index (χ2v) is 6.42. The molecule has 0 saturated carbocycles. The molecule has 0 fully saturated rings. The molecule has 8 heteroatoms. The SMILES string of the molecule is CC(=O)Nc1cc(NC(C)=O)cc(C(=O)NCc2ccc(Cl)cc2Cl)c1. The Kier molecular flexibility index (Phi) is 6.60. The Morgan fingerprint density at radius 2 is 1.46 bits per heavy atom. The van der Waals surface area contributed by atoms with Crippen LogP contribution in [-0.2, 0) is 16.1 Å². The topological polar surface area (TPSA) is 87.3 Å². The van der Waals surface area contributed by atoms with Crippen molar-refractivity contribution in [2.45, 2.75) is 20.4 Å². The minimum atomic E-state index is -0.380. The Morgan fingerprint density at radius 1 is 0.885 bits per heavy atom. The van der Waals surface area contributed by atoms with Crippen molar-refractivity contribution in [1.82, 2.24) is 5.32 Å². The lowest BCUT2D eigenvalue weighted by Crippen LogP contribution is -2.23. The summed E-state index contributed by atoms with van der Waals surface area (Å²) in [5, 5.41) is 8.89. The van der Waals surface area contributed by atoms with E-state index in [2.05, 4.69) is 16.0 Å². The number of carbonyl (C=O) groups excluding carboxylic acids is 3. The molecule has 0 atom stereocenters. The maximum Gasteiger partial charge on any atom is 0.251 e. The number of halogens is 2. The van der Waals surface area contributed by atoms with Crippen molar-refractivity contribution >= 4 is 52.3 Å². The van der Waals surface area contributed by atoms with Crippen molar-refractivity contribution in [2.24, 2.45) is 0 Å². The molecule has 26 heavy (non-hydrogen) atoms. The number of benzene rings is 2. The maximum absolute atomic E-state index is 12.5. The van der Waals surface area contributed by atoms with Crippen molar-refractivity contribution in [3.63, 3.8) is 0 Å². The van der Waals surface area contributed by atoms with Gasteiger partial charge in [-0.15, -0.1) is 0 Å². The van der Waals surface area contributed by atoms with Crippen LogP contribution < -0.4 is 16.0 Å². The summed E-state index contributed by atoms with van der Waals surface area (Å²) in [6, 6.07) is 9.60. The molecule has 3 amide bonds. The van der Waals surface area contributed by atoms with Gasteiger partial charge in [-0.2, -0.15) is 0 Å². The van der Waals surface area contributed by atoms with Gasteiger partial charge in [0, 0.05) is 47.4 Å². The van der Waals surface area contributed by atoms with Crippen molar-refractivity contribution in [3.8, 4) is 0 Å². The van der Waals surface area contributed by atoms with Gasteiger partial charge in [-0.3, -0.25) is 14.4 Å². The smallest absolute Gasteiger partial charge is 0.251 e. The minimum absolute atomic E-state index is 0.203. The first-order valence-electron chi connectivity index (χ1n) is 7.67. The zero-order chi connectivity index (χ0) is 19.3. The van der Waals surface area contributed by atoms with Crippen LogP contribution in [0.1, 0.15) is 29.8 Å². The summed E-state index contributed by atoms with van der Waals surface area (Å²) < 4.78 is 0. The third kappa shape index (κ3) is 5.75. The normalized spacial score (nSPS) is 10.2. The average Bonchev–Trinajstić information content (AvgIpc) is 2.52. The van der Waals surface area contributed by atoms with Gasteiger partial charge in [0.1, 0.15) is 0 Å². The van der Waals surface area contributed by atoms with Gasteiger partial charge in [-0.05, 0) is 35.9 Å². The van der Waals surface area contributed by atoms with E-state index in [0.29, 0.717) is 27.0 Å². The molecule has 0 aliphatic heterocycles. The molecule has 0 aromatic heterocycles. The van der Waals surface area contributed by atoms with Gasteiger partial charge < -0.3 is 16.0 Å². The van der Waals surface area contributed by atoms with Crippen LogP contribution in [0.3, 0.4) is 0 Å². The number of amides is 3. The Balaban J connectivity index is 2.20. The zero-order valence-corrected chi connectivity index (χ0v) is 15.7. The highest BCUT2D eigenvalue weighted by Gasteiger charge is 2.11. The molecule has 3 N–H and O–H groups in total. The fourth-order valence-corrected chi connectivity index (χ4v) is 2.73. The van der Waals surface area contributed by atoms with Gasteiger partial charge in [0.15, 0.2) is 0 Å². The predicted molar refractivity (Wildman–Crippen MR) is 103 cm³/mol. The summed E-state index contributed by atoms with van der Waals surface area (Å²) >= 11 is 11.9. The van der Waals surface area contributed by atoms with Crippen molar-refractivity contribution in [1.29, 1.82) is 0 Å².